The summed E-state index contributed by atoms with van der Waals surface area (Å²) in [5.41, 5.74) is 8.14. The first kappa shape index (κ1) is 26.1. The van der Waals surface area contributed by atoms with E-state index < -0.39 is 7.92 Å². The van der Waals surface area contributed by atoms with E-state index >= 15 is 0 Å². The van der Waals surface area contributed by atoms with Crippen LogP contribution < -0.4 is 15.9 Å². The van der Waals surface area contributed by atoms with Gasteiger partial charge in [0, 0.05) is 0 Å². The van der Waals surface area contributed by atoms with Gasteiger partial charge in [-0.1, -0.05) is 122 Å². The zero-order valence-electron chi connectivity index (χ0n) is 23.4. The van der Waals surface area contributed by atoms with E-state index in [4.69, 9.17) is 6.42 Å². The van der Waals surface area contributed by atoms with Crippen LogP contribution in [0.3, 0.4) is 0 Å². The van der Waals surface area contributed by atoms with Crippen LogP contribution in [0.5, 0.6) is 0 Å². The molecule has 0 aromatic heterocycles. The lowest BCUT2D eigenvalue weighted by Crippen LogP contribution is -2.47. The lowest BCUT2D eigenvalue weighted by molar-refractivity contribution is 0.113. The van der Waals surface area contributed by atoms with E-state index in [1.54, 1.807) is 5.57 Å². The van der Waals surface area contributed by atoms with Crippen molar-refractivity contribution in [2.45, 2.75) is 58.8 Å². The molecule has 8 atom stereocenters. The van der Waals surface area contributed by atoms with Crippen molar-refractivity contribution in [3.63, 3.8) is 0 Å². The van der Waals surface area contributed by atoms with Crippen LogP contribution in [-0.2, 0) is 0 Å². The van der Waals surface area contributed by atoms with E-state index in [9.17, 15) is 0 Å². The van der Waals surface area contributed by atoms with Gasteiger partial charge in [0.15, 0.2) is 0 Å². The molecular weight excluding hydrogens is 494 g/mol. The highest BCUT2D eigenvalue weighted by molar-refractivity contribution is 7.73. The first-order chi connectivity index (χ1) is 18.3. The normalized spacial score (nSPS) is 28.6. The molecule has 3 aromatic carbocycles. The van der Waals surface area contributed by atoms with Crippen LogP contribution in [0, 0.1) is 69.6 Å². The van der Waals surface area contributed by atoms with Crippen molar-refractivity contribution >= 4 is 32.4 Å². The maximum absolute atomic E-state index is 6.63. The highest BCUT2D eigenvalue weighted by atomic mass is 31.1. The SMILES string of the molecule is C#CC(C1C(C)C2=CC3CC(Pc4ccccc4)C3C1C2)P(c1cc(C)cc(C)c1)c1cc(C)cc(C)c1. The molecule has 0 N–H and O–H groups in total. The second kappa shape index (κ2) is 10.4. The Labute approximate surface area is 233 Å². The average Bonchev–Trinajstić information content (AvgIpc) is 3.11. The number of terminal acetylenes is 1. The van der Waals surface area contributed by atoms with E-state index in [0.29, 0.717) is 17.8 Å². The fraction of sp³-hybridized carbons (Fsp3) is 0.389. The van der Waals surface area contributed by atoms with Gasteiger partial charge in [0.2, 0.25) is 0 Å². The molecule has 2 fully saturated rings. The molecule has 0 aliphatic heterocycles. The summed E-state index contributed by atoms with van der Waals surface area (Å²) in [6.07, 6.45) is 12.0. The summed E-state index contributed by atoms with van der Waals surface area (Å²) in [4.78, 5) is 0. The number of benzene rings is 3. The maximum Gasteiger partial charge on any atom is 0.0518 e. The highest BCUT2D eigenvalue weighted by Crippen LogP contribution is 2.64. The van der Waals surface area contributed by atoms with Gasteiger partial charge in [-0.3, -0.25) is 0 Å². The lowest BCUT2D eigenvalue weighted by atomic mass is 9.61. The van der Waals surface area contributed by atoms with Crippen molar-refractivity contribution in [2.75, 3.05) is 0 Å². The van der Waals surface area contributed by atoms with E-state index in [1.807, 2.05) is 0 Å². The number of hydrogen-bond acceptors (Lipinski definition) is 0. The number of hydrogen-bond donors (Lipinski definition) is 0. The summed E-state index contributed by atoms with van der Waals surface area (Å²) < 4.78 is 0. The summed E-state index contributed by atoms with van der Waals surface area (Å²) in [6, 6.07) is 25.5. The fourth-order valence-corrected chi connectivity index (χ4v) is 13.2. The first-order valence-corrected chi connectivity index (χ1v) is 16.8. The third kappa shape index (κ3) is 4.72. The number of fused-ring (bicyclic) bond motifs is 4. The Morgan fingerprint density at radius 1 is 0.868 bits per heavy atom. The van der Waals surface area contributed by atoms with Crippen molar-refractivity contribution in [3.05, 3.63) is 101 Å². The molecule has 0 amide bonds. The van der Waals surface area contributed by atoms with Crippen LogP contribution in [-0.4, -0.2) is 11.3 Å². The molecule has 194 valence electrons. The predicted octanol–water partition coefficient (Wildman–Crippen LogP) is 7.58. The van der Waals surface area contributed by atoms with Gasteiger partial charge in [-0.2, -0.15) is 0 Å². The van der Waals surface area contributed by atoms with Crippen molar-refractivity contribution in [1.29, 1.82) is 0 Å². The van der Waals surface area contributed by atoms with Crippen LogP contribution in [0.15, 0.2) is 78.4 Å². The monoisotopic (exact) mass is 534 g/mol. The van der Waals surface area contributed by atoms with Crippen molar-refractivity contribution in [2.24, 2.45) is 29.6 Å². The minimum absolute atomic E-state index is 0.248. The van der Waals surface area contributed by atoms with Gasteiger partial charge in [0.05, 0.1) is 5.66 Å². The quantitative estimate of drug-likeness (QED) is 0.174. The Bertz CT molecular complexity index is 1320. The summed E-state index contributed by atoms with van der Waals surface area (Å²) in [7, 11) is 0.243. The Kier molecular flexibility index (Phi) is 7.15. The molecule has 3 aliphatic carbocycles. The molecule has 0 spiro atoms. The molecule has 0 radical (unpaired) electrons. The smallest absolute Gasteiger partial charge is 0.0518 e. The predicted molar refractivity (Wildman–Crippen MR) is 169 cm³/mol. The minimum Gasteiger partial charge on any atom is -0.119 e. The molecule has 2 bridgehead atoms. The van der Waals surface area contributed by atoms with Gasteiger partial charge in [-0.15, -0.1) is 6.42 Å². The van der Waals surface area contributed by atoms with Gasteiger partial charge >= 0.3 is 0 Å². The topological polar surface area (TPSA) is 0 Å². The molecule has 3 aromatic rings. The molecule has 2 heteroatoms. The van der Waals surface area contributed by atoms with Crippen LogP contribution in [0.25, 0.3) is 0 Å². The van der Waals surface area contributed by atoms with Crippen molar-refractivity contribution in [3.8, 4) is 12.3 Å². The Morgan fingerprint density at radius 3 is 2.00 bits per heavy atom. The molecule has 0 nitrogen and oxygen atoms in total. The number of allylic oxidation sites excluding steroid dienone is 2. The molecular formula is C36H40P2. The van der Waals surface area contributed by atoms with E-state index in [0.717, 1.165) is 26.1 Å². The largest absolute Gasteiger partial charge is 0.119 e. The zero-order valence-corrected chi connectivity index (χ0v) is 25.3. The fourth-order valence-electron chi connectivity index (χ4n) is 8.02. The Hall–Kier alpha value is -2.18. The third-order valence-corrected chi connectivity index (χ3v) is 13.8. The van der Waals surface area contributed by atoms with E-state index in [-0.39, 0.29) is 5.66 Å². The van der Waals surface area contributed by atoms with Crippen molar-refractivity contribution < 1.29 is 0 Å². The molecule has 3 aliphatic rings. The molecule has 8 unspecified atom stereocenters. The van der Waals surface area contributed by atoms with Gasteiger partial charge in [0.1, 0.15) is 0 Å². The summed E-state index contributed by atoms with van der Waals surface area (Å²) in [6.45, 7) is 11.4. The zero-order chi connectivity index (χ0) is 26.6. The maximum atomic E-state index is 6.63. The van der Waals surface area contributed by atoms with Crippen LogP contribution in [0.4, 0.5) is 0 Å². The van der Waals surface area contributed by atoms with Crippen molar-refractivity contribution in [1.82, 2.24) is 0 Å². The van der Waals surface area contributed by atoms with Crippen LogP contribution in [0.1, 0.15) is 42.0 Å². The van der Waals surface area contributed by atoms with E-state index in [2.05, 4.69) is 113 Å². The van der Waals surface area contributed by atoms with Gasteiger partial charge < -0.3 is 0 Å². The molecule has 6 rings (SSSR count). The lowest BCUT2D eigenvalue weighted by Gasteiger charge is -2.51. The summed E-state index contributed by atoms with van der Waals surface area (Å²) in [5, 5.41) is 4.44. The van der Waals surface area contributed by atoms with Gasteiger partial charge in [0.25, 0.3) is 0 Å². The van der Waals surface area contributed by atoms with Gasteiger partial charge in [-0.05, 0) is 99.6 Å². The first-order valence-electron chi connectivity index (χ1n) is 14.3. The van der Waals surface area contributed by atoms with Crippen LogP contribution in [0.2, 0.25) is 0 Å². The second-order valence-electron chi connectivity index (χ2n) is 12.2. The molecule has 0 heterocycles. The number of rotatable bonds is 6. The average molecular weight is 535 g/mol. The Morgan fingerprint density at radius 2 is 1.45 bits per heavy atom. The molecule has 38 heavy (non-hydrogen) atoms. The van der Waals surface area contributed by atoms with Gasteiger partial charge in [-0.25, -0.2) is 0 Å². The van der Waals surface area contributed by atoms with Crippen LogP contribution >= 0.6 is 16.5 Å². The summed E-state index contributed by atoms with van der Waals surface area (Å²) >= 11 is 0. The number of aryl methyl sites for hydroxylation is 4. The van der Waals surface area contributed by atoms with E-state index in [1.165, 1.54) is 51.0 Å². The second-order valence-corrected chi connectivity index (χ2v) is 16.2. The Balaban J connectivity index is 1.40. The summed E-state index contributed by atoms with van der Waals surface area (Å²) in [5.74, 6) is 6.89. The third-order valence-electron chi connectivity index (χ3n) is 9.44. The molecule has 0 saturated heterocycles. The minimum atomic E-state index is -0.673. The standard InChI is InChI=1S/C36H40P2/c1-7-34(38(30-15-22(2)13-23(3)16-30)31-17-24(4)14-25(5)18-31)35-26(6)27-19-28-21-33(36(28)32(35)20-27)37-29-11-9-8-10-12-29/h1,8-19,26,28,32-37H,20-21H2,2-6H3. The molecule has 2 saturated carbocycles. The highest BCUT2D eigenvalue weighted by Gasteiger charge is 2.56.